The average Bonchev–Trinajstić information content (AvgIpc) is 2.41. The van der Waals surface area contributed by atoms with E-state index in [1.54, 1.807) is 6.07 Å². The van der Waals surface area contributed by atoms with Crippen LogP contribution in [0.5, 0.6) is 0 Å². The van der Waals surface area contributed by atoms with Crippen LogP contribution in [0.2, 0.25) is 10.0 Å². The highest BCUT2D eigenvalue weighted by molar-refractivity contribution is 9.10. The summed E-state index contributed by atoms with van der Waals surface area (Å²) in [4.78, 5) is 10.3. The van der Waals surface area contributed by atoms with Crippen molar-refractivity contribution in [3.05, 3.63) is 66.6 Å². The molecule has 1 N–H and O–H groups in total. The van der Waals surface area contributed by atoms with Crippen molar-refractivity contribution in [2.24, 2.45) is 0 Å². The number of nitrogens with one attached hydrogen (secondary N) is 1. The third-order valence-electron chi connectivity index (χ3n) is 2.66. The molecule has 0 aliphatic heterocycles. The van der Waals surface area contributed by atoms with Gasteiger partial charge in [-0.2, -0.15) is 0 Å². The van der Waals surface area contributed by atoms with Gasteiger partial charge >= 0.3 is 0 Å². The normalized spacial score (nSPS) is 10.3. The molecule has 0 aliphatic rings. The van der Waals surface area contributed by atoms with Crippen LogP contribution >= 0.6 is 39.1 Å². The van der Waals surface area contributed by atoms with Gasteiger partial charge in [-0.25, -0.2) is 0 Å². The van der Waals surface area contributed by atoms with Crippen LogP contribution in [0.4, 0.5) is 11.4 Å². The fourth-order valence-electron chi connectivity index (χ4n) is 1.64. The Bertz CT molecular complexity index is 665. The van der Waals surface area contributed by atoms with E-state index < -0.39 is 4.92 Å². The lowest BCUT2D eigenvalue weighted by Gasteiger charge is -2.10. The number of hydrogen-bond donors (Lipinski definition) is 1. The Morgan fingerprint density at radius 1 is 1.20 bits per heavy atom. The summed E-state index contributed by atoms with van der Waals surface area (Å²) in [6.45, 7) is 0.361. The van der Waals surface area contributed by atoms with Gasteiger partial charge in [0, 0.05) is 23.7 Å². The first-order valence-corrected chi connectivity index (χ1v) is 7.14. The molecule has 2 rings (SSSR count). The molecule has 0 aromatic heterocycles. The Morgan fingerprint density at radius 3 is 2.65 bits per heavy atom. The van der Waals surface area contributed by atoms with Crippen LogP contribution in [-0.4, -0.2) is 4.92 Å². The summed E-state index contributed by atoms with van der Waals surface area (Å²) >= 11 is 15.4. The lowest BCUT2D eigenvalue weighted by Crippen LogP contribution is -2.01. The van der Waals surface area contributed by atoms with Crippen LogP contribution in [0.1, 0.15) is 5.56 Å². The van der Waals surface area contributed by atoms with E-state index in [9.17, 15) is 10.1 Å². The van der Waals surface area contributed by atoms with Crippen molar-refractivity contribution in [2.45, 2.75) is 6.54 Å². The summed E-state index contributed by atoms with van der Waals surface area (Å²) in [5.74, 6) is 0. The molecule has 0 amide bonds. The van der Waals surface area contributed by atoms with Crippen molar-refractivity contribution in [3.8, 4) is 0 Å². The molecule has 0 radical (unpaired) electrons. The molecule has 0 bridgehead atoms. The number of nitro groups is 1. The van der Waals surface area contributed by atoms with Crippen molar-refractivity contribution in [2.75, 3.05) is 5.32 Å². The highest BCUT2D eigenvalue weighted by Gasteiger charge is 2.10. The molecule has 2 aromatic rings. The van der Waals surface area contributed by atoms with Gasteiger partial charge < -0.3 is 5.32 Å². The summed E-state index contributed by atoms with van der Waals surface area (Å²) in [6.07, 6.45) is 0. The third kappa shape index (κ3) is 3.42. The van der Waals surface area contributed by atoms with E-state index in [4.69, 9.17) is 23.2 Å². The number of benzene rings is 2. The largest absolute Gasteiger partial charge is 0.380 e. The highest BCUT2D eigenvalue weighted by atomic mass is 79.9. The van der Waals surface area contributed by atoms with Crippen LogP contribution in [-0.2, 0) is 6.54 Å². The van der Waals surface area contributed by atoms with Crippen molar-refractivity contribution >= 4 is 50.5 Å². The van der Waals surface area contributed by atoms with E-state index in [1.807, 2.05) is 12.1 Å². The minimum absolute atomic E-state index is 0.0105. The first-order valence-electron chi connectivity index (χ1n) is 5.59. The van der Waals surface area contributed by atoms with E-state index >= 15 is 0 Å². The lowest BCUT2D eigenvalue weighted by atomic mass is 10.2. The summed E-state index contributed by atoms with van der Waals surface area (Å²) in [5.41, 5.74) is 1.45. The predicted octanol–water partition coefficient (Wildman–Crippen LogP) is 5.28. The van der Waals surface area contributed by atoms with Gasteiger partial charge in [0.2, 0.25) is 0 Å². The summed E-state index contributed by atoms with van der Waals surface area (Å²) in [6, 6.07) is 9.77. The maximum absolute atomic E-state index is 10.8. The molecule has 7 heteroatoms. The SMILES string of the molecule is O=[N+]([O-])c1ccc(Cl)c(CNc2cccc(Cl)c2Br)c1. The number of nitrogens with zero attached hydrogens (tertiary/aromatic N) is 1. The molecule has 4 nitrogen and oxygen atoms in total. The maximum atomic E-state index is 10.8. The van der Waals surface area contributed by atoms with E-state index in [1.165, 1.54) is 18.2 Å². The standard InChI is InChI=1S/C13H9BrCl2N2O2/c14-13-11(16)2-1-3-12(13)17-7-8-6-9(18(19)20)4-5-10(8)15/h1-6,17H,7H2. The number of nitro benzene ring substituents is 1. The fourth-order valence-corrected chi connectivity index (χ4v) is 2.40. The second-order valence-corrected chi connectivity index (χ2v) is 5.60. The Kier molecular flexibility index (Phi) is 4.86. The van der Waals surface area contributed by atoms with Crippen LogP contribution < -0.4 is 5.32 Å². The molecule has 0 saturated heterocycles. The molecule has 0 spiro atoms. The molecule has 0 saturated carbocycles. The number of anilines is 1. The monoisotopic (exact) mass is 374 g/mol. The van der Waals surface area contributed by atoms with Crippen molar-refractivity contribution in [3.63, 3.8) is 0 Å². The third-order valence-corrected chi connectivity index (χ3v) is 4.43. The zero-order valence-corrected chi connectivity index (χ0v) is 13.2. The van der Waals surface area contributed by atoms with E-state index in [2.05, 4.69) is 21.2 Å². The quantitative estimate of drug-likeness (QED) is 0.584. The van der Waals surface area contributed by atoms with Gasteiger partial charge in [0.15, 0.2) is 0 Å². The second kappa shape index (κ2) is 6.43. The number of non-ortho nitro benzene ring substituents is 1. The van der Waals surface area contributed by atoms with Crippen molar-refractivity contribution in [1.29, 1.82) is 0 Å². The molecular formula is C13H9BrCl2N2O2. The zero-order chi connectivity index (χ0) is 14.7. The molecule has 0 unspecified atom stereocenters. The van der Waals surface area contributed by atoms with Crippen molar-refractivity contribution < 1.29 is 4.92 Å². The zero-order valence-electron chi connectivity index (χ0n) is 10.1. The van der Waals surface area contributed by atoms with Gasteiger partial charge in [0.05, 0.1) is 20.1 Å². The minimum Gasteiger partial charge on any atom is -0.380 e. The Morgan fingerprint density at radius 2 is 1.95 bits per heavy atom. The van der Waals surface area contributed by atoms with E-state index in [0.717, 1.165) is 10.2 Å². The smallest absolute Gasteiger partial charge is 0.269 e. The second-order valence-electron chi connectivity index (χ2n) is 3.99. The van der Waals surface area contributed by atoms with Crippen LogP contribution in [0.3, 0.4) is 0 Å². The summed E-state index contributed by atoms with van der Waals surface area (Å²) in [7, 11) is 0. The first kappa shape index (κ1) is 15.1. The molecular weight excluding hydrogens is 367 g/mol. The molecule has 0 fully saturated rings. The topological polar surface area (TPSA) is 55.2 Å². The maximum Gasteiger partial charge on any atom is 0.269 e. The van der Waals surface area contributed by atoms with Gasteiger partial charge in [-0.15, -0.1) is 0 Å². The highest BCUT2D eigenvalue weighted by Crippen LogP contribution is 2.31. The first-order chi connectivity index (χ1) is 9.49. The van der Waals surface area contributed by atoms with Crippen LogP contribution in [0, 0.1) is 10.1 Å². The molecule has 0 atom stereocenters. The van der Waals surface area contributed by atoms with Gasteiger partial charge in [-0.3, -0.25) is 10.1 Å². The van der Waals surface area contributed by atoms with Gasteiger partial charge in [0.25, 0.3) is 5.69 Å². The average molecular weight is 376 g/mol. The Hall–Kier alpha value is -1.30. The van der Waals surface area contributed by atoms with Gasteiger partial charge in [-0.05, 0) is 39.7 Å². The van der Waals surface area contributed by atoms with Gasteiger partial charge in [0.1, 0.15) is 0 Å². The molecule has 20 heavy (non-hydrogen) atoms. The van der Waals surface area contributed by atoms with Gasteiger partial charge in [-0.1, -0.05) is 29.3 Å². The van der Waals surface area contributed by atoms with Crippen LogP contribution in [0.15, 0.2) is 40.9 Å². The molecule has 0 aliphatic carbocycles. The number of rotatable bonds is 4. The molecule has 0 heterocycles. The predicted molar refractivity (Wildman–Crippen MR) is 84.6 cm³/mol. The minimum atomic E-state index is -0.449. The molecule has 2 aromatic carbocycles. The summed E-state index contributed by atoms with van der Waals surface area (Å²) < 4.78 is 0.739. The van der Waals surface area contributed by atoms with Crippen molar-refractivity contribution in [1.82, 2.24) is 0 Å². The number of halogens is 3. The fraction of sp³-hybridized carbons (Fsp3) is 0.0769. The van der Waals surface area contributed by atoms with E-state index in [0.29, 0.717) is 22.2 Å². The van der Waals surface area contributed by atoms with E-state index in [-0.39, 0.29) is 5.69 Å². The number of hydrogen-bond acceptors (Lipinski definition) is 3. The van der Waals surface area contributed by atoms with Crippen LogP contribution in [0.25, 0.3) is 0 Å². The molecule has 104 valence electrons. The Labute approximate surface area is 134 Å². The summed E-state index contributed by atoms with van der Waals surface area (Å²) in [5, 5.41) is 15.0. The lowest BCUT2D eigenvalue weighted by molar-refractivity contribution is -0.384. The Balaban J connectivity index is 2.20.